The molecule has 5 atom stereocenters. The van der Waals surface area contributed by atoms with Gasteiger partial charge in [-0.25, -0.2) is 4.39 Å². The van der Waals surface area contributed by atoms with Crippen LogP contribution < -0.4 is 15.8 Å². The molecule has 0 unspecified atom stereocenters. The first-order valence-electron chi connectivity index (χ1n) is 13.0. The van der Waals surface area contributed by atoms with Crippen LogP contribution in [0.25, 0.3) is 0 Å². The van der Waals surface area contributed by atoms with E-state index in [1.165, 1.54) is 18.2 Å². The zero-order valence-electron chi connectivity index (χ0n) is 23.0. The van der Waals surface area contributed by atoms with Gasteiger partial charge in [0.15, 0.2) is 0 Å². The fraction of sp³-hybridized carbons (Fsp3) is 0.483. The maximum Gasteiger partial charge on any atom is 0.323 e. The highest BCUT2D eigenvalue weighted by Gasteiger charge is 2.61. The van der Waals surface area contributed by atoms with E-state index in [0.717, 1.165) is 6.07 Å². The van der Waals surface area contributed by atoms with Crippen LogP contribution >= 0.6 is 23.2 Å². The molecular weight excluding hydrogens is 576 g/mol. The van der Waals surface area contributed by atoms with Crippen molar-refractivity contribution in [2.75, 3.05) is 19.8 Å². The highest BCUT2D eigenvalue weighted by molar-refractivity contribution is 6.31. The number of nitrogens with one attached hydrogen (secondary N) is 1. The van der Waals surface area contributed by atoms with Crippen molar-refractivity contribution in [3.05, 3.63) is 63.4 Å². The van der Waals surface area contributed by atoms with Gasteiger partial charge in [-0.3, -0.25) is 14.9 Å². The summed E-state index contributed by atoms with van der Waals surface area (Å²) in [6.07, 6.45) is -1.43. The van der Waals surface area contributed by atoms with Gasteiger partial charge in [-0.2, -0.15) is 5.26 Å². The van der Waals surface area contributed by atoms with Crippen molar-refractivity contribution in [3.63, 3.8) is 0 Å². The van der Waals surface area contributed by atoms with Crippen LogP contribution in [0.3, 0.4) is 0 Å². The van der Waals surface area contributed by atoms with Gasteiger partial charge in [0.05, 0.1) is 25.2 Å². The summed E-state index contributed by atoms with van der Waals surface area (Å²) < 4.78 is 26.9. The minimum absolute atomic E-state index is 0.00768. The van der Waals surface area contributed by atoms with E-state index in [9.17, 15) is 25.1 Å². The SMILES string of the molecule is CC(C)(C)C[C@@H]1N[C@@H](C(=O)OC[C@@H](O)CC(N)=O)[C@H](c2cc(Cl)ccc2OCCO)[C@@]1(C#N)c1ccc(Cl)cc1F. The van der Waals surface area contributed by atoms with Gasteiger partial charge in [-0.1, -0.05) is 50.0 Å². The topological polar surface area (TPSA) is 155 Å². The molecule has 1 amide bonds. The Labute approximate surface area is 248 Å². The molecule has 1 aliphatic rings. The first-order valence-corrected chi connectivity index (χ1v) is 13.8. The molecule has 1 aliphatic heterocycles. The molecule has 0 radical (unpaired) electrons. The van der Waals surface area contributed by atoms with E-state index < -0.39 is 60.2 Å². The van der Waals surface area contributed by atoms with Gasteiger partial charge in [-0.05, 0) is 42.2 Å². The fourth-order valence-electron chi connectivity index (χ4n) is 5.38. The van der Waals surface area contributed by atoms with Crippen molar-refractivity contribution < 1.29 is 33.7 Å². The van der Waals surface area contributed by atoms with Crippen LogP contribution in [-0.2, 0) is 19.7 Å². The lowest BCUT2D eigenvalue weighted by Gasteiger charge is -2.37. The highest BCUT2D eigenvalue weighted by atomic mass is 35.5. The number of nitriles is 1. The highest BCUT2D eigenvalue weighted by Crippen LogP contribution is 2.54. The summed E-state index contributed by atoms with van der Waals surface area (Å²) in [7, 11) is 0. The number of nitrogens with zero attached hydrogens (tertiary/aromatic N) is 1. The Morgan fingerprint density at radius 1 is 1.22 bits per heavy atom. The Morgan fingerprint density at radius 2 is 1.88 bits per heavy atom. The van der Waals surface area contributed by atoms with Crippen molar-refractivity contribution >= 4 is 35.1 Å². The minimum atomic E-state index is -1.71. The lowest BCUT2D eigenvalue weighted by atomic mass is 9.62. The first kappa shape index (κ1) is 32.6. The van der Waals surface area contributed by atoms with Crippen molar-refractivity contribution in [3.8, 4) is 11.8 Å². The molecule has 1 saturated heterocycles. The minimum Gasteiger partial charge on any atom is -0.491 e. The molecule has 0 bridgehead atoms. The molecule has 41 heavy (non-hydrogen) atoms. The summed E-state index contributed by atoms with van der Waals surface area (Å²) >= 11 is 12.5. The number of aliphatic hydroxyl groups is 2. The molecule has 1 fully saturated rings. The summed E-state index contributed by atoms with van der Waals surface area (Å²) in [6, 6.07) is 8.94. The number of benzene rings is 2. The number of carbonyl (C=O) groups excluding carboxylic acids is 2. The maximum absolute atomic E-state index is 15.8. The van der Waals surface area contributed by atoms with Crippen molar-refractivity contribution in [2.24, 2.45) is 11.1 Å². The molecule has 5 N–H and O–H groups in total. The number of amides is 1. The number of esters is 1. The number of primary amides is 1. The van der Waals surface area contributed by atoms with E-state index in [2.05, 4.69) is 11.4 Å². The summed E-state index contributed by atoms with van der Waals surface area (Å²) in [5, 5.41) is 34.1. The van der Waals surface area contributed by atoms with Crippen molar-refractivity contribution in [1.29, 1.82) is 5.26 Å². The van der Waals surface area contributed by atoms with Crippen LogP contribution in [0, 0.1) is 22.6 Å². The lowest BCUT2D eigenvalue weighted by Crippen LogP contribution is -2.44. The van der Waals surface area contributed by atoms with Crippen molar-refractivity contribution in [2.45, 2.75) is 63.1 Å². The molecular formula is C29H34Cl2FN3O6. The summed E-state index contributed by atoms with van der Waals surface area (Å²) in [5.41, 5.74) is 3.36. The van der Waals surface area contributed by atoms with Crippen LogP contribution in [0.1, 0.15) is 50.7 Å². The maximum atomic E-state index is 15.8. The zero-order valence-corrected chi connectivity index (χ0v) is 24.5. The second-order valence-electron chi connectivity index (χ2n) is 11.3. The fourth-order valence-corrected chi connectivity index (χ4v) is 5.72. The van der Waals surface area contributed by atoms with Crippen LogP contribution in [0.2, 0.25) is 10.0 Å². The monoisotopic (exact) mass is 609 g/mol. The van der Waals surface area contributed by atoms with Crippen LogP contribution in [0.15, 0.2) is 36.4 Å². The number of carbonyl (C=O) groups is 2. The van der Waals surface area contributed by atoms with Crippen molar-refractivity contribution in [1.82, 2.24) is 5.32 Å². The predicted molar refractivity (Wildman–Crippen MR) is 151 cm³/mol. The number of aliphatic hydroxyl groups excluding tert-OH is 2. The van der Waals surface area contributed by atoms with Crippen LogP contribution in [-0.4, -0.2) is 60.1 Å². The Balaban J connectivity index is 2.28. The molecule has 222 valence electrons. The van der Waals surface area contributed by atoms with Gasteiger partial charge in [0, 0.05) is 33.1 Å². The van der Waals surface area contributed by atoms with Gasteiger partial charge in [0.25, 0.3) is 0 Å². The van der Waals surface area contributed by atoms with Crippen LogP contribution in [0.5, 0.6) is 5.75 Å². The third kappa shape index (κ3) is 7.48. The van der Waals surface area contributed by atoms with Gasteiger partial charge >= 0.3 is 5.97 Å². The van der Waals surface area contributed by atoms with E-state index in [-0.39, 0.29) is 40.0 Å². The molecule has 0 aliphatic carbocycles. The second-order valence-corrected chi connectivity index (χ2v) is 12.1. The van der Waals surface area contributed by atoms with E-state index in [4.69, 9.17) is 38.4 Å². The summed E-state index contributed by atoms with van der Waals surface area (Å²) in [5.74, 6) is -3.26. The molecule has 9 nitrogen and oxygen atoms in total. The quantitative estimate of drug-likeness (QED) is 0.282. The smallest absolute Gasteiger partial charge is 0.323 e. The lowest BCUT2D eigenvalue weighted by molar-refractivity contribution is -0.150. The number of hydrogen-bond donors (Lipinski definition) is 4. The standard InChI is InChI=1S/C29H34Cl2FN3O6/c1-28(2,3)13-23-29(15-33,20-6-4-17(31)11-21(20)32)25(19-10-16(30)5-7-22(19)40-9-8-36)26(35-23)27(39)41-14-18(37)12-24(34)38/h4-7,10-11,18,23,25-26,35-37H,8-9,12-14H2,1-3H3,(H2,34,38)/t18-,23-,25-,26+,29-/m0/s1. The molecule has 12 heteroatoms. The normalized spacial score (nSPS) is 23.0. The van der Waals surface area contributed by atoms with Gasteiger partial charge in [-0.15, -0.1) is 0 Å². The number of hydrogen-bond acceptors (Lipinski definition) is 8. The van der Waals surface area contributed by atoms with Gasteiger partial charge in [0.2, 0.25) is 5.91 Å². The second kappa shape index (κ2) is 13.4. The molecule has 2 aromatic carbocycles. The predicted octanol–water partition coefficient (Wildman–Crippen LogP) is 3.60. The average molecular weight is 611 g/mol. The van der Waals surface area contributed by atoms with Crippen LogP contribution in [0.4, 0.5) is 4.39 Å². The number of rotatable bonds is 11. The number of halogens is 3. The van der Waals surface area contributed by atoms with E-state index in [1.807, 2.05) is 20.8 Å². The van der Waals surface area contributed by atoms with Gasteiger partial charge in [0.1, 0.15) is 36.2 Å². The number of ether oxygens (including phenoxy) is 2. The first-order chi connectivity index (χ1) is 19.2. The third-order valence-corrected chi connectivity index (χ3v) is 7.37. The largest absolute Gasteiger partial charge is 0.491 e. The summed E-state index contributed by atoms with van der Waals surface area (Å²) in [4.78, 5) is 24.9. The molecule has 1 heterocycles. The molecule has 0 saturated carbocycles. The van der Waals surface area contributed by atoms with Gasteiger partial charge < -0.3 is 25.4 Å². The van der Waals surface area contributed by atoms with E-state index >= 15 is 4.39 Å². The average Bonchev–Trinajstić information content (AvgIpc) is 3.19. The Morgan fingerprint density at radius 3 is 2.46 bits per heavy atom. The van der Waals surface area contributed by atoms with E-state index in [0.29, 0.717) is 12.0 Å². The Kier molecular flexibility index (Phi) is 10.6. The number of nitrogens with two attached hydrogens (primary N) is 1. The molecule has 3 rings (SSSR count). The summed E-state index contributed by atoms with van der Waals surface area (Å²) in [6.45, 7) is 4.91. The third-order valence-electron chi connectivity index (χ3n) is 6.90. The molecule has 2 aromatic rings. The Hall–Kier alpha value is -2.94. The van der Waals surface area contributed by atoms with E-state index in [1.54, 1.807) is 12.1 Å². The zero-order chi connectivity index (χ0) is 30.5. The molecule has 0 spiro atoms. The molecule has 0 aromatic heterocycles. The Bertz CT molecular complexity index is 1310.